The van der Waals surface area contributed by atoms with Crippen LogP contribution in [0.1, 0.15) is 23.6 Å². The molecule has 1 aromatic rings. The Morgan fingerprint density at radius 3 is 3.00 bits per heavy atom. The van der Waals surface area contributed by atoms with E-state index >= 15 is 0 Å². The Bertz CT molecular complexity index is 337. The van der Waals surface area contributed by atoms with Gasteiger partial charge in [-0.25, -0.2) is 0 Å². The molecule has 0 saturated carbocycles. The third-order valence-corrected chi connectivity index (χ3v) is 2.32. The van der Waals surface area contributed by atoms with Crippen molar-refractivity contribution in [2.45, 2.75) is 26.7 Å². The highest BCUT2D eigenvalue weighted by Crippen LogP contribution is 2.30. The number of hydrogen-bond donors (Lipinski definition) is 0. The van der Waals surface area contributed by atoms with Crippen molar-refractivity contribution in [1.82, 2.24) is 0 Å². The minimum absolute atomic E-state index is 1.02. The van der Waals surface area contributed by atoms with E-state index in [1.54, 1.807) is 0 Å². The maximum atomic E-state index is 4.39. The monoisotopic (exact) mass is 159 g/mol. The number of benzene rings is 1. The van der Waals surface area contributed by atoms with E-state index in [0.717, 1.165) is 12.8 Å². The summed E-state index contributed by atoms with van der Waals surface area (Å²) in [5, 5.41) is 0. The van der Waals surface area contributed by atoms with Crippen molar-refractivity contribution >= 4 is 11.9 Å². The van der Waals surface area contributed by atoms with E-state index in [-0.39, 0.29) is 0 Å². The summed E-state index contributed by atoms with van der Waals surface area (Å²) >= 11 is 0. The number of aryl methyl sites for hydroxylation is 2. The van der Waals surface area contributed by atoms with Crippen LogP contribution in [0.2, 0.25) is 0 Å². The molecule has 0 fully saturated rings. The van der Waals surface area contributed by atoms with Crippen molar-refractivity contribution in [1.29, 1.82) is 0 Å². The first-order chi connectivity index (χ1) is 5.81. The summed E-state index contributed by atoms with van der Waals surface area (Å²) in [5.41, 5.74) is 5.37. The Hall–Kier alpha value is -1.11. The Labute approximate surface area is 73.1 Å². The first kappa shape index (κ1) is 7.53. The van der Waals surface area contributed by atoms with Gasteiger partial charge in [0.15, 0.2) is 0 Å². The van der Waals surface area contributed by atoms with Gasteiger partial charge in [-0.05, 0) is 24.5 Å². The molecule has 0 N–H and O–H groups in total. The van der Waals surface area contributed by atoms with Gasteiger partial charge in [-0.2, -0.15) is 0 Å². The largest absolute Gasteiger partial charge is 0.260 e. The summed E-state index contributed by atoms with van der Waals surface area (Å²) in [6.45, 7) is 4.33. The Balaban J connectivity index is 2.60. The number of fused-ring (bicyclic) bond motifs is 1. The number of hydrogen-bond acceptors (Lipinski definition) is 1. The molecule has 1 aliphatic heterocycles. The van der Waals surface area contributed by atoms with Crippen LogP contribution in [-0.2, 0) is 12.8 Å². The number of aliphatic imine (C=N–C) groups is 1. The molecule has 1 aromatic carbocycles. The topological polar surface area (TPSA) is 12.4 Å². The Kier molecular flexibility index (Phi) is 1.72. The maximum absolute atomic E-state index is 4.39. The van der Waals surface area contributed by atoms with Gasteiger partial charge in [0.2, 0.25) is 0 Å². The third-order valence-electron chi connectivity index (χ3n) is 2.32. The molecule has 0 radical (unpaired) electrons. The van der Waals surface area contributed by atoms with Crippen LogP contribution in [-0.4, -0.2) is 6.21 Å². The van der Waals surface area contributed by atoms with E-state index in [1.807, 2.05) is 6.21 Å². The first-order valence-electron chi connectivity index (χ1n) is 4.46. The molecule has 0 unspecified atom stereocenters. The van der Waals surface area contributed by atoms with Crippen LogP contribution < -0.4 is 0 Å². The van der Waals surface area contributed by atoms with E-state index in [4.69, 9.17) is 0 Å². The molecule has 0 amide bonds. The molecular weight excluding hydrogens is 146 g/mol. The molecule has 0 spiro atoms. The molecule has 1 nitrogen and oxygen atoms in total. The average molecular weight is 159 g/mol. The van der Waals surface area contributed by atoms with Gasteiger partial charge in [0, 0.05) is 12.6 Å². The van der Waals surface area contributed by atoms with E-state index in [1.165, 1.54) is 22.4 Å². The lowest BCUT2D eigenvalue weighted by Gasteiger charge is -2.05. The average Bonchev–Trinajstić information content (AvgIpc) is 2.50. The Morgan fingerprint density at radius 2 is 2.25 bits per heavy atom. The van der Waals surface area contributed by atoms with Gasteiger partial charge in [0.25, 0.3) is 0 Å². The summed E-state index contributed by atoms with van der Waals surface area (Å²) in [7, 11) is 0. The van der Waals surface area contributed by atoms with Crippen molar-refractivity contribution in [2.75, 3.05) is 0 Å². The van der Waals surface area contributed by atoms with Crippen LogP contribution in [0.5, 0.6) is 0 Å². The van der Waals surface area contributed by atoms with Crippen LogP contribution >= 0.6 is 0 Å². The summed E-state index contributed by atoms with van der Waals surface area (Å²) < 4.78 is 0. The van der Waals surface area contributed by atoms with Gasteiger partial charge < -0.3 is 0 Å². The SMILES string of the molecule is CCc1cc(C)cc2c1N=CC2. The highest BCUT2D eigenvalue weighted by atomic mass is 14.8. The lowest BCUT2D eigenvalue weighted by molar-refractivity contribution is 1.12. The van der Waals surface area contributed by atoms with Crippen LogP contribution in [0, 0.1) is 6.92 Å². The van der Waals surface area contributed by atoms with Crippen molar-refractivity contribution < 1.29 is 0 Å². The summed E-state index contributed by atoms with van der Waals surface area (Å²) in [5.74, 6) is 0. The zero-order chi connectivity index (χ0) is 8.55. The second kappa shape index (κ2) is 2.74. The van der Waals surface area contributed by atoms with Gasteiger partial charge in [0.1, 0.15) is 0 Å². The molecule has 0 aliphatic carbocycles. The summed E-state index contributed by atoms with van der Waals surface area (Å²) in [4.78, 5) is 4.39. The number of nitrogens with zero attached hydrogens (tertiary/aromatic N) is 1. The van der Waals surface area contributed by atoms with Crippen LogP contribution in [0.25, 0.3) is 0 Å². The fourth-order valence-electron chi connectivity index (χ4n) is 1.76. The zero-order valence-corrected chi connectivity index (χ0v) is 7.59. The lowest BCUT2D eigenvalue weighted by atomic mass is 10.0. The molecule has 0 atom stereocenters. The minimum atomic E-state index is 1.02. The van der Waals surface area contributed by atoms with Crippen LogP contribution in [0.3, 0.4) is 0 Å². The predicted octanol–water partition coefficient (Wildman–Crippen LogP) is 2.82. The van der Waals surface area contributed by atoms with Crippen LogP contribution in [0.15, 0.2) is 17.1 Å². The van der Waals surface area contributed by atoms with Gasteiger partial charge in [-0.3, -0.25) is 4.99 Å². The highest BCUT2D eigenvalue weighted by molar-refractivity contribution is 5.77. The van der Waals surface area contributed by atoms with Gasteiger partial charge in [-0.1, -0.05) is 24.6 Å². The molecule has 0 saturated heterocycles. The van der Waals surface area contributed by atoms with E-state index in [2.05, 4.69) is 31.0 Å². The third kappa shape index (κ3) is 1.06. The molecule has 0 bridgehead atoms. The summed E-state index contributed by atoms with van der Waals surface area (Å²) in [6, 6.07) is 4.48. The fraction of sp³-hybridized carbons (Fsp3) is 0.364. The molecule has 1 heteroatoms. The molecular formula is C11H13N. The maximum Gasteiger partial charge on any atom is 0.0693 e. The van der Waals surface area contributed by atoms with Gasteiger partial charge in [0.05, 0.1) is 5.69 Å². The fourth-order valence-corrected chi connectivity index (χ4v) is 1.76. The quantitative estimate of drug-likeness (QED) is 0.597. The number of rotatable bonds is 1. The molecule has 1 heterocycles. The second-order valence-corrected chi connectivity index (χ2v) is 3.30. The van der Waals surface area contributed by atoms with Crippen molar-refractivity contribution in [2.24, 2.45) is 4.99 Å². The normalized spacial score (nSPS) is 13.5. The second-order valence-electron chi connectivity index (χ2n) is 3.30. The van der Waals surface area contributed by atoms with E-state index in [9.17, 15) is 0 Å². The molecule has 62 valence electrons. The van der Waals surface area contributed by atoms with Crippen molar-refractivity contribution in [3.63, 3.8) is 0 Å². The molecule has 12 heavy (non-hydrogen) atoms. The smallest absolute Gasteiger partial charge is 0.0693 e. The molecule has 2 rings (SSSR count). The Morgan fingerprint density at radius 1 is 1.42 bits per heavy atom. The van der Waals surface area contributed by atoms with Crippen molar-refractivity contribution in [3.8, 4) is 0 Å². The lowest BCUT2D eigenvalue weighted by Crippen LogP contribution is -1.87. The summed E-state index contributed by atoms with van der Waals surface area (Å²) in [6.07, 6.45) is 4.11. The van der Waals surface area contributed by atoms with E-state index < -0.39 is 0 Å². The van der Waals surface area contributed by atoms with Gasteiger partial charge >= 0.3 is 0 Å². The van der Waals surface area contributed by atoms with E-state index in [0.29, 0.717) is 0 Å². The molecule has 0 aromatic heterocycles. The molecule has 1 aliphatic rings. The van der Waals surface area contributed by atoms with Crippen molar-refractivity contribution in [3.05, 3.63) is 28.8 Å². The first-order valence-corrected chi connectivity index (χ1v) is 4.46. The standard InChI is InChI=1S/C11H13N/c1-3-9-6-8(2)7-10-4-5-12-11(9)10/h5-7H,3-4H2,1-2H3. The minimum Gasteiger partial charge on any atom is -0.260 e. The van der Waals surface area contributed by atoms with Crippen LogP contribution in [0.4, 0.5) is 5.69 Å². The van der Waals surface area contributed by atoms with Gasteiger partial charge in [-0.15, -0.1) is 0 Å². The highest BCUT2D eigenvalue weighted by Gasteiger charge is 2.10. The zero-order valence-electron chi connectivity index (χ0n) is 7.59. The predicted molar refractivity (Wildman–Crippen MR) is 52.4 cm³/mol.